The summed E-state index contributed by atoms with van der Waals surface area (Å²) in [5, 5.41) is 0. The first-order valence-corrected chi connectivity index (χ1v) is 5.53. The smallest absolute Gasteiger partial charge is 0.0295 e. The molecule has 1 aromatic rings. The third-order valence-corrected chi connectivity index (χ3v) is 2.74. The maximum Gasteiger partial charge on any atom is 0.0295 e. The van der Waals surface area contributed by atoms with Gasteiger partial charge in [-0.3, -0.25) is 0 Å². The van der Waals surface area contributed by atoms with Gasteiger partial charge in [0.05, 0.1) is 0 Å². The van der Waals surface area contributed by atoms with Crippen LogP contribution in [0.4, 0.5) is 0 Å². The molecular formula is C10H16ClIN2. The minimum Gasteiger partial charge on any atom is -0.330 e. The van der Waals surface area contributed by atoms with E-state index in [1.807, 2.05) is 0 Å². The molecule has 0 radical (unpaired) electrons. The van der Waals surface area contributed by atoms with Gasteiger partial charge in [-0.05, 0) is 59.7 Å². The van der Waals surface area contributed by atoms with Gasteiger partial charge in [0.1, 0.15) is 0 Å². The van der Waals surface area contributed by atoms with Crippen molar-refractivity contribution in [1.82, 2.24) is 0 Å². The second kappa shape index (κ2) is 7.45. The molecule has 0 saturated carbocycles. The van der Waals surface area contributed by atoms with Crippen LogP contribution < -0.4 is 11.5 Å². The van der Waals surface area contributed by atoms with Crippen LogP contribution in [0.5, 0.6) is 0 Å². The second-order valence-electron chi connectivity index (χ2n) is 3.09. The van der Waals surface area contributed by atoms with Gasteiger partial charge in [0.2, 0.25) is 0 Å². The number of hydrogen-bond donors (Lipinski definition) is 2. The van der Waals surface area contributed by atoms with E-state index in [9.17, 15) is 0 Å². The van der Waals surface area contributed by atoms with Crippen molar-refractivity contribution in [2.75, 3.05) is 6.54 Å². The van der Waals surface area contributed by atoms with E-state index in [2.05, 4.69) is 46.9 Å². The Balaban J connectivity index is 0.00000169. The normalized spacial score (nSPS) is 11.9. The van der Waals surface area contributed by atoms with Crippen molar-refractivity contribution in [2.24, 2.45) is 11.5 Å². The zero-order valence-corrected chi connectivity index (χ0v) is 10.9. The summed E-state index contributed by atoms with van der Waals surface area (Å²) in [6.07, 6.45) is 1.96. The number of rotatable bonds is 4. The number of nitrogens with two attached hydrogens (primary N) is 2. The maximum atomic E-state index is 5.97. The van der Waals surface area contributed by atoms with E-state index in [1.54, 1.807) is 0 Å². The first-order valence-electron chi connectivity index (χ1n) is 4.45. The molecule has 0 heterocycles. The fourth-order valence-electron chi connectivity index (χ4n) is 1.21. The Hall–Kier alpha value is 0.160. The van der Waals surface area contributed by atoms with Crippen LogP contribution in [0.3, 0.4) is 0 Å². The molecule has 0 spiro atoms. The van der Waals surface area contributed by atoms with Crippen LogP contribution in [0.15, 0.2) is 24.3 Å². The summed E-state index contributed by atoms with van der Waals surface area (Å²) in [5.74, 6) is 0. The van der Waals surface area contributed by atoms with Gasteiger partial charge in [0.15, 0.2) is 0 Å². The van der Waals surface area contributed by atoms with Gasteiger partial charge >= 0.3 is 0 Å². The molecular weight excluding hydrogens is 310 g/mol. The lowest BCUT2D eigenvalue weighted by atomic mass is 10.0. The highest BCUT2D eigenvalue weighted by Crippen LogP contribution is 2.16. The fraction of sp³-hybridized carbons (Fsp3) is 0.400. The summed E-state index contributed by atoms with van der Waals surface area (Å²) in [7, 11) is 0. The summed E-state index contributed by atoms with van der Waals surface area (Å²) >= 11 is 2.29. The molecule has 4 heteroatoms. The molecule has 1 atom stereocenters. The summed E-state index contributed by atoms with van der Waals surface area (Å²) in [6.45, 7) is 0.720. The first kappa shape index (κ1) is 14.2. The van der Waals surface area contributed by atoms with Crippen LogP contribution in [0.25, 0.3) is 0 Å². The molecule has 0 aliphatic carbocycles. The summed E-state index contributed by atoms with van der Waals surface area (Å²) in [5.41, 5.74) is 12.6. The van der Waals surface area contributed by atoms with E-state index < -0.39 is 0 Å². The van der Waals surface area contributed by atoms with E-state index in [4.69, 9.17) is 11.5 Å². The molecule has 0 unspecified atom stereocenters. The molecule has 0 saturated heterocycles. The molecule has 2 nitrogen and oxygen atoms in total. The topological polar surface area (TPSA) is 52.0 Å². The van der Waals surface area contributed by atoms with Crippen LogP contribution in [0, 0.1) is 3.57 Å². The summed E-state index contributed by atoms with van der Waals surface area (Å²) in [6, 6.07) is 8.48. The van der Waals surface area contributed by atoms with Gasteiger partial charge in [0.25, 0.3) is 0 Å². The lowest BCUT2D eigenvalue weighted by Crippen LogP contribution is -2.12. The largest absolute Gasteiger partial charge is 0.330 e. The highest BCUT2D eigenvalue weighted by atomic mass is 127. The van der Waals surface area contributed by atoms with Crippen LogP contribution in [-0.2, 0) is 0 Å². The van der Waals surface area contributed by atoms with Gasteiger partial charge in [-0.1, -0.05) is 12.1 Å². The average Bonchev–Trinajstić information content (AvgIpc) is 2.15. The van der Waals surface area contributed by atoms with Crippen LogP contribution in [-0.4, -0.2) is 6.54 Å². The molecule has 14 heavy (non-hydrogen) atoms. The number of halogens is 2. The SMILES string of the molecule is Cl.NCCC[C@H](N)c1ccc(I)cc1. The van der Waals surface area contributed by atoms with Crippen molar-refractivity contribution >= 4 is 35.0 Å². The molecule has 0 bridgehead atoms. The van der Waals surface area contributed by atoms with Gasteiger partial charge < -0.3 is 11.5 Å². The maximum absolute atomic E-state index is 5.97. The molecule has 4 N–H and O–H groups in total. The zero-order valence-electron chi connectivity index (χ0n) is 7.95. The van der Waals surface area contributed by atoms with E-state index in [1.165, 1.54) is 9.13 Å². The highest BCUT2D eigenvalue weighted by molar-refractivity contribution is 14.1. The van der Waals surface area contributed by atoms with Crippen molar-refractivity contribution in [1.29, 1.82) is 0 Å². The van der Waals surface area contributed by atoms with Crippen molar-refractivity contribution < 1.29 is 0 Å². The van der Waals surface area contributed by atoms with Gasteiger partial charge in [-0.15, -0.1) is 12.4 Å². The second-order valence-corrected chi connectivity index (χ2v) is 4.33. The molecule has 0 aliphatic heterocycles. The molecule has 1 rings (SSSR count). The average molecular weight is 327 g/mol. The first-order chi connectivity index (χ1) is 6.24. The van der Waals surface area contributed by atoms with Crippen LogP contribution in [0.1, 0.15) is 24.4 Å². The predicted octanol–water partition coefficient (Wildman–Crippen LogP) is 2.45. The Morgan fingerprint density at radius 3 is 2.29 bits per heavy atom. The van der Waals surface area contributed by atoms with Crippen molar-refractivity contribution in [2.45, 2.75) is 18.9 Å². The third-order valence-electron chi connectivity index (χ3n) is 2.02. The Morgan fingerprint density at radius 1 is 1.21 bits per heavy atom. The van der Waals surface area contributed by atoms with Gasteiger partial charge in [-0.25, -0.2) is 0 Å². The lowest BCUT2D eigenvalue weighted by Gasteiger charge is -2.10. The van der Waals surface area contributed by atoms with Crippen molar-refractivity contribution in [3.63, 3.8) is 0 Å². The highest BCUT2D eigenvalue weighted by Gasteiger charge is 2.03. The zero-order chi connectivity index (χ0) is 9.68. The van der Waals surface area contributed by atoms with Crippen LogP contribution >= 0.6 is 35.0 Å². The van der Waals surface area contributed by atoms with Crippen molar-refractivity contribution in [3.8, 4) is 0 Å². The molecule has 80 valence electrons. The van der Waals surface area contributed by atoms with E-state index >= 15 is 0 Å². The summed E-state index contributed by atoms with van der Waals surface area (Å²) in [4.78, 5) is 0. The van der Waals surface area contributed by atoms with Crippen molar-refractivity contribution in [3.05, 3.63) is 33.4 Å². The van der Waals surface area contributed by atoms with E-state index in [-0.39, 0.29) is 18.4 Å². The molecule has 1 aromatic carbocycles. The minimum absolute atomic E-state index is 0. The Labute approximate surface area is 105 Å². The van der Waals surface area contributed by atoms with Gasteiger partial charge in [-0.2, -0.15) is 0 Å². The van der Waals surface area contributed by atoms with Gasteiger partial charge in [0, 0.05) is 9.61 Å². The minimum atomic E-state index is 0. The number of hydrogen-bond acceptors (Lipinski definition) is 2. The molecule has 0 amide bonds. The Bertz CT molecular complexity index is 251. The molecule has 0 aromatic heterocycles. The fourth-order valence-corrected chi connectivity index (χ4v) is 1.57. The lowest BCUT2D eigenvalue weighted by molar-refractivity contribution is 0.618. The van der Waals surface area contributed by atoms with Crippen LogP contribution in [0.2, 0.25) is 0 Å². The standard InChI is InChI=1S/C10H15IN2.ClH/c11-9-5-3-8(4-6-9)10(13)2-1-7-12;/h3-6,10H,1-2,7,12-13H2;1H/t10-;/m0./s1. The monoisotopic (exact) mass is 326 g/mol. The summed E-state index contributed by atoms with van der Waals surface area (Å²) < 4.78 is 1.24. The molecule has 0 aliphatic rings. The number of benzene rings is 1. The molecule has 0 fully saturated rings. The predicted molar refractivity (Wildman–Crippen MR) is 71.6 cm³/mol. The van der Waals surface area contributed by atoms with E-state index in [0.717, 1.165) is 19.4 Å². The quantitative estimate of drug-likeness (QED) is 0.835. The Kier molecular flexibility index (Phi) is 7.54. The Morgan fingerprint density at radius 2 is 1.79 bits per heavy atom. The third kappa shape index (κ3) is 4.59. The van der Waals surface area contributed by atoms with E-state index in [0.29, 0.717) is 0 Å².